The molecule has 0 bridgehead atoms. The smallest absolute Gasteiger partial charge is 0.387 e. The topological polar surface area (TPSA) is 50.4 Å². The molecule has 4 nitrogen and oxygen atoms in total. The molecule has 0 saturated heterocycles. The van der Waals surface area contributed by atoms with Gasteiger partial charge in [0, 0.05) is 30.8 Å². The lowest BCUT2D eigenvalue weighted by Crippen LogP contribution is -2.27. The Hall–Kier alpha value is -1.69. The third-order valence-electron chi connectivity index (χ3n) is 2.25. The van der Waals surface area contributed by atoms with Crippen LogP contribution in [-0.2, 0) is 4.79 Å². The SMILES string of the molecule is CC(C)NCCC(=O)Nc1cccc(OC(F)F)c1. The quantitative estimate of drug-likeness (QED) is 0.802. The van der Waals surface area contributed by atoms with Crippen LogP contribution in [0.2, 0.25) is 0 Å². The number of nitrogens with one attached hydrogen (secondary N) is 2. The van der Waals surface area contributed by atoms with Crippen molar-refractivity contribution in [2.75, 3.05) is 11.9 Å². The van der Waals surface area contributed by atoms with E-state index in [0.29, 0.717) is 24.7 Å². The maximum absolute atomic E-state index is 12.0. The molecule has 0 fully saturated rings. The molecular weight excluding hydrogens is 254 g/mol. The predicted octanol–water partition coefficient (Wildman–Crippen LogP) is 2.61. The number of halogens is 2. The Labute approximate surface area is 111 Å². The molecule has 1 amide bonds. The van der Waals surface area contributed by atoms with Crippen LogP contribution < -0.4 is 15.4 Å². The summed E-state index contributed by atoms with van der Waals surface area (Å²) in [5.74, 6) is -0.157. The maximum atomic E-state index is 12.0. The first-order valence-corrected chi connectivity index (χ1v) is 6.05. The van der Waals surface area contributed by atoms with Crippen molar-refractivity contribution >= 4 is 11.6 Å². The number of ether oxygens (including phenoxy) is 1. The highest BCUT2D eigenvalue weighted by atomic mass is 19.3. The standard InChI is InChI=1S/C13H18F2N2O2/c1-9(2)16-7-6-12(18)17-10-4-3-5-11(8-10)19-13(14)15/h3-5,8-9,13,16H,6-7H2,1-2H3,(H,17,18). The first-order valence-electron chi connectivity index (χ1n) is 6.05. The lowest BCUT2D eigenvalue weighted by Gasteiger charge is -2.10. The Kier molecular flexibility index (Phi) is 6.21. The number of carbonyl (C=O) groups excluding carboxylic acids is 1. The number of amides is 1. The van der Waals surface area contributed by atoms with Crippen molar-refractivity contribution in [1.29, 1.82) is 0 Å². The van der Waals surface area contributed by atoms with Gasteiger partial charge in [0.25, 0.3) is 0 Å². The number of rotatable bonds is 7. The van der Waals surface area contributed by atoms with Crippen molar-refractivity contribution < 1.29 is 18.3 Å². The summed E-state index contributed by atoms with van der Waals surface area (Å²) in [6.07, 6.45) is 0.318. The van der Waals surface area contributed by atoms with Crippen LogP contribution in [-0.4, -0.2) is 25.1 Å². The van der Waals surface area contributed by atoms with E-state index in [2.05, 4.69) is 15.4 Å². The minimum Gasteiger partial charge on any atom is -0.435 e. The van der Waals surface area contributed by atoms with E-state index in [9.17, 15) is 13.6 Å². The molecule has 0 radical (unpaired) electrons. The summed E-state index contributed by atoms with van der Waals surface area (Å²) in [6.45, 7) is 1.67. The van der Waals surface area contributed by atoms with Gasteiger partial charge in [-0.05, 0) is 12.1 Å². The second kappa shape index (κ2) is 7.68. The number of benzene rings is 1. The molecule has 1 aromatic carbocycles. The van der Waals surface area contributed by atoms with Crippen LogP contribution >= 0.6 is 0 Å². The van der Waals surface area contributed by atoms with Crippen molar-refractivity contribution in [3.8, 4) is 5.75 Å². The molecule has 0 saturated carbocycles. The van der Waals surface area contributed by atoms with Crippen molar-refractivity contribution in [1.82, 2.24) is 5.32 Å². The van der Waals surface area contributed by atoms with E-state index in [1.54, 1.807) is 12.1 Å². The molecule has 19 heavy (non-hydrogen) atoms. The lowest BCUT2D eigenvalue weighted by atomic mass is 10.3. The van der Waals surface area contributed by atoms with Crippen LogP contribution in [0.3, 0.4) is 0 Å². The van der Waals surface area contributed by atoms with Gasteiger partial charge < -0.3 is 15.4 Å². The lowest BCUT2D eigenvalue weighted by molar-refractivity contribution is -0.116. The molecule has 6 heteroatoms. The van der Waals surface area contributed by atoms with Crippen LogP contribution in [0.25, 0.3) is 0 Å². The minimum absolute atomic E-state index is 0.0214. The summed E-state index contributed by atoms with van der Waals surface area (Å²) in [7, 11) is 0. The molecule has 0 heterocycles. The van der Waals surface area contributed by atoms with Crippen molar-refractivity contribution in [2.24, 2.45) is 0 Å². The Bertz CT molecular complexity index is 411. The van der Waals surface area contributed by atoms with Crippen molar-refractivity contribution in [3.63, 3.8) is 0 Å². The third kappa shape index (κ3) is 6.71. The zero-order valence-electron chi connectivity index (χ0n) is 11.0. The van der Waals surface area contributed by atoms with E-state index in [1.807, 2.05) is 13.8 Å². The minimum atomic E-state index is -2.87. The molecular formula is C13H18F2N2O2. The van der Waals surface area contributed by atoms with Crippen LogP contribution in [0.5, 0.6) is 5.75 Å². The molecule has 0 atom stereocenters. The Morgan fingerprint density at radius 1 is 1.37 bits per heavy atom. The van der Waals surface area contributed by atoms with E-state index in [0.717, 1.165) is 0 Å². The average molecular weight is 272 g/mol. The highest BCUT2D eigenvalue weighted by molar-refractivity contribution is 5.90. The molecule has 0 spiro atoms. The number of hydrogen-bond donors (Lipinski definition) is 2. The normalized spacial score (nSPS) is 10.8. The number of carbonyl (C=O) groups is 1. The molecule has 0 unspecified atom stereocenters. The van der Waals surface area contributed by atoms with Crippen LogP contribution in [0.4, 0.5) is 14.5 Å². The summed E-state index contributed by atoms with van der Waals surface area (Å²) in [5.41, 5.74) is 0.438. The summed E-state index contributed by atoms with van der Waals surface area (Å²) in [5, 5.41) is 5.74. The van der Waals surface area contributed by atoms with E-state index in [1.165, 1.54) is 12.1 Å². The number of anilines is 1. The van der Waals surface area contributed by atoms with Crippen LogP contribution in [0.1, 0.15) is 20.3 Å². The highest BCUT2D eigenvalue weighted by Gasteiger charge is 2.06. The zero-order valence-corrected chi connectivity index (χ0v) is 11.0. The Morgan fingerprint density at radius 2 is 2.11 bits per heavy atom. The van der Waals surface area contributed by atoms with E-state index in [4.69, 9.17) is 0 Å². The zero-order chi connectivity index (χ0) is 14.3. The number of alkyl halides is 2. The fourth-order valence-corrected chi connectivity index (χ4v) is 1.45. The molecule has 0 aliphatic rings. The van der Waals surface area contributed by atoms with E-state index in [-0.39, 0.29) is 11.7 Å². The molecule has 1 aromatic rings. The molecule has 106 valence electrons. The largest absolute Gasteiger partial charge is 0.435 e. The summed E-state index contributed by atoms with van der Waals surface area (Å²) < 4.78 is 28.3. The van der Waals surface area contributed by atoms with Gasteiger partial charge in [0.1, 0.15) is 5.75 Å². The molecule has 0 aliphatic heterocycles. The molecule has 0 aliphatic carbocycles. The van der Waals surface area contributed by atoms with Gasteiger partial charge in [-0.15, -0.1) is 0 Å². The second-order valence-corrected chi connectivity index (χ2v) is 4.31. The van der Waals surface area contributed by atoms with E-state index < -0.39 is 6.61 Å². The van der Waals surface area contributed by atoms with Gasteiger partial charge in [-0.3, -0.25) is 4.79 Å². The Balaban J connectivity index is 2.45. The first kappa shape index (κ1) is 15.4. The van der Waals surface area contributed by atoms with Gasteiger partial charge in [-0.2, -0.15) is 8.78 Å². The maximum Gasteiger partial charge on any atom is 0.387 e. The van der Waals surface area contributed by atoms with Gasteiger partial charge in [-0.1, -0.05) is 19.9 Å². The first-order chi connectivity index (χ1) is 8.97. The van der Waals surface area contributed by atoms with Crippen molar-refractivity contribution in [2.45, 2.75) is 32.9 Å². The predicted molar refractivity (Wildman–Crippen MR) is 69.5 cm³/mol. The van der Waals surface area contributed by atoms with Gasteiger partial charge in [0.2, 0.25) is 5.91 Å². The van der Waals surface area contributed by atoms with Crippen LogP contribution in [0, 0.1) is 0 Å². The third-order valence-corrected chi connectivity index (χ3v) is 2.25. The van der Waals surface area contributed by atoms with Gasteiger partial charge in [-0.25, -0.2) is 0 Å². The highest BCUT2D eigenvalue weighted by Crippen LogP contribution is 2.19. The molecule has 1 rings (SSSR count). The molecule has 2 N–H and O–H groups in total. The molecule has 0 aromatic heterocycles. The second-order valence-electron chi connectivity index (χ2n) is 4.31. The fraction of sp³-hybridized carbons (Fsp3) is 0.462. The summed E-state index contributed by atoms with van der Waals surface area (Å²) in [4.78, 5) is 11.6. The Morgan fingerprint density at radius 3 is 2.74 bits per heavy atom. The van der Waals surface area contributed by atoms with Gasteiger partial charge in [0.15, 0.2) is 0 Å². The van der Waals surface area contributed by atoms with Crippen LogP contribution in [0.15, 0.2) is 24.3 Å². The summed E-state index contributed by atoms with van der Waals surface area (Å²) in [6, 6.07) is 6.24. The number of hydrogen-bond acceptors (Lipinski definition) is 3. The van der Waals surface area contributed by atoms with Gasteiger partial charge in [0.05, 0.1) is 0 Å². The fourth-order valence-electron chi connectivity index (χ4n) is 1.45. The van der Waals surface area contributed by atoms with Crippen molar-refractivity contribution in [3.05, 3.63) is 24.3 Å². The van der Waals surface area contributed by atoms with E-state index >= 15 is 0 Å². The summed E-state index contributed by atoms with van der Waals surface area (Å²) >= 11 is 0. The van der Waals surface area contributed by atoms with Gasteiger partial charge >= 0.3 is 6.61 Å². The average Bonchev–Trinajstić information content (AvgIpc) is 2.27. The monoisotopic (exact) mass is 272 g/mol.